The average Bonchev–Trinajstić information content (AvgIpc) is 2.99. The third kappa shape index (κ3) is 2.48. The van der Waals surface area contributed by atoms with Crippen molar-refractivity contribution in [1.29, 1.82) is 0 Å². The second-order valence-electron chi connectivity index (χ2n) is 5.05. The molecule has 1 aromatic carbocycles. The monoisotopic (exact) mass is 288 g/mol. The first-order chi connectivity index (χ1) is 10.4. The largest absolute Gasteiger partial charge is 0.474 e. The maximum atomic E-state index is 5.85. The maximum Gasteiger partial charge on any atom is 0.231 e. The van der Waals surface area contributed by atoms with Gasteiger partial charge in [0, 0.05) is 24.7 Å². The lowest BCUT2D eigenvalue weighted by Gasteiger charge is -2.23. The second-order valence-corrected chi connectivity index (χ2v) is 5.05. The zero-order valence-electron chi connectivity index (χ0n) is 11.5. The van der Waals surface area contributed by atoms with Crippen molar-refractivity contribution >= 4 is 10.8 Å². The summed E-state index contributed by atoms with van der Waals surface area (Å²) in [7, 11) is 0. The molecule has 0 amide bonds. The molecule has 3 heterocycles. The van der Waals surface area contributed by atoms with Gasteiger partial charge in [-0.15, -0.1) is 0 Å². The zero-order chi connectivity index (χ0) is 14.1. The SMILES string of the molecule is c1cc2cc3c(cc2c(OCC2CNCCO2)n1)OCO3. The van der Waals surface area contributed by atoms with Gasteiger partial charge in [-0.3, -0.25) is 0 Å². The number of rotatable bonds is 3. The molecule has 1 N–H and O–H groups in total. The topological polar surface area (TPSA) is 61.8 Å². The van der Waals surface area contributed by atoms with Crippen LogP contribution in [0, 0.1) is 0 Å². The molecule has 1 atom stereocenters. The number of hydrogen-bond donors (Lipinski definition) is 1. The third-order valence-corrected chi connectivity index (χ3v) is 3.63. The molecule has 0 radical (unpaired) electrons. The van der Waals surface area contributed by atoms with E-state index < -0.39 is 0 Å². The molecule has 1 aromatic heterocycles. The number of hydrogen-bond acceptors (Lipinski definition) is 6. The van der Waals surface area contributed by atoms with E-state index in [0.717, 1.165) is 42.0 Å². The van der Waals surface area contributed by atoms with E-state index >= 15 is 0 Å². The summed E-state index contributed by atoms with van der Waals surface area (Å²) in [5, 5.41) is 5.22. The molecule has 6 heteroatoms. The van der Waals surface area contributed by atoms with Crippen molar-refractivity contribution in [3.05, 3.63) is 24.4 Å². The zero-order valence-corrected chi connectivity index (χ0v) is 11.5. The van der Waals surface area contributed by atoms with Gasteiger partial charge in [-0.25, -0.2) is 4.98 Å². The summed E-state index contributed by atoms with van der Waals surface area (Å²) < 4.78 is 22.3. The highest BCUT2D eigenvalue weighted by molar-refractivity contribution is 5.90. The molecule has 0 spiro atoms. The van der Waals surface area contributed by atoms with Gasteiger partial charge in [0.05, 0.1) is 6.61 Å². The van der Waals surface area contributed by atoms with Gasteiger partial charge in [-0.2, -0.15) is 0 Å². The Morgan fingerprint density at radius 3 is 3.05 bits per heavy atom. The highest BCUT2D eigenvalue weighted by atomic mass is 16.7. The van der Waals surface area contributed by atoms with E-state index in [1.54, 1.807) is 6.20 Å². The van der Waals surface area contributed by atoms with Crippen LogP contribution >= 0.6 is 0 Å². The second kappa shape index (κ2) is 5.38. The van der Waals surface area contributed by atoms with E-state index in [2.05, 4.69) is 10.3 Å². The number of nitrogens with zero attached hydrogens (tertiary/aromatic N) is 1. The minimum Gasteiger partial charge on any atom is -0.474 e. The van der Waals surface area contributed by atoms with Gasteiger partial charge in [-0.05, 0) is 23.6 Å². The Labute approximate surface area is 122 Å². The van der Waals surface area contributed by atoms with E-state index in [-0.39, 0.29) is 12.9 Å². The van der Waals surface area contributed by atoms with Crippen molar-refractivity contribution < 1.29 is 18.9 Å². The first-order valence-electron chi connectivity index (χ1n) is 7.03. The van der Waals surface area contributed by atoms with E-state index in [9.17, 15) is 0 Å². The minimum atomic E-state index is 0.0600. The summed E-state index contributed by atoms with van der Waals surface area (Å²) in [6.07, 6.45) is 1.80. The molecule has 2 aromatic rings. The summed E-state index contributed by atoms with van der Waals surface area (Å²) in [6.45, 7) is 3.16. The first kappa shape index (κ1) is 12.7. The predicted octanol–water partition coefficient (Wildman–Crippen LogP) is 1.33. The van der Waals surface area contributed by atoms with E-state index in [0.29, 0.717) is 12.5 Å². The van der Waals surface area contributed by atoms with Crippen molar-refractivity contribution in [2.24, 2.45) is 0 Å². The van der Waals surface area contributed by atoms with Crippen molar-refractivity contribution in [3.8, 4) is 17.4 Å². The van der Waals surface area contributed by atoms with Crippen LogP contribution in [0.2, 0.25) is 0 Å². The molecule has 0 saturated carbocycles. The fourth-order valence-electron chi connectivity index (χ4n) is 2.55. The van der Waals surface area contributed by atoms with Crippen LogP contribution in [0.1, 0.15) is 0 Å². The minimum absolute atomic E-state index is 0.0600. The summed E-state index contributed by atoms with van der Waals surface area (Å²) in [4.78, 5) is 4.32. The van der Waals surface area contributed by atoms with E-state index in [1.165, 1.54) is 0 Å². The number of morpholine rings is 1. The lowest BCUT2D eigenvalue weighted by molar-refractivity contribution is -0.000385. The van der Waals surface area contributed by atoms with E-state index in [4.69, 9.17) is 18.9 Å². The van der Waals surface area contributed by atoms with Crippen molar-refractivity contribution in [1.82, 2.24) is 10.3 Å². The lowest BCUT2D eigenvalue weighted by Crippen LogP contribution is -2.41. The molecule has 1 unspecified atom stereocenters. The van der Waals surface area contributed by atoms with Gasteiger partial charge in [0.1, 0.15) is 12.7 Å². The van der Waals surface area contributed by atoms with Gasteiger partial charge in [0.2, 0.25) is 12.7 Å². The summed E-state index contributed by atoms with van der Waals surface area (Å²) in [6, 6.07) is 5.80. The van der Waals surface area contributed by atoms with Gasteiger partial charge >= 0.3 is 0 Å². The Bertz CT molecular complexity index is 655. The third-order valence-electron chi connectivity index (χ3n) is 3.63. The Morgan fingerprint density at radius 1 is 1.29 bits per heavy atom. The molecule has 21 heavy (non-hydrogen) atoms. The molecule has 1 saturated heterocycles. The summed E-state index contributed by atoms with van der Waals surface area (Å²) in [5.74, 6) is 2.09. The molecule has 0 aliphatic carbocycles. The van der Waals surface area contributed by atoms with Gasteiger partial charge in [0.25, 0.3) is 0 Å². The van der Waals surface area contributed by atoms with Gasteiger partial charge in [0.15, 0.2) is 11.5 Å². The molecule has 0 bridgehead atoms. The van der Waals surface area contributed by atoms with Crippen molar-refractivity contribution in [2.45, 2.75) is 6.10 Å². The quantitative estimate of drug-likeness (QED) is 0.919. The predicted molar refractivity (Wildman–Crippen MR) is 76.0 cm³/mol. The fraction of sp³-hybridized carbons (Fsp3) is 0.400. The summed E-state index contributed by atoms with van der Waals surface area (Å²) in [5.41, 5.74) is 0. The van der Waals surface area contributed by atoms with Crippen molar-refractivity contribution in [3.63, 3.8) is 0 Å². The molecule has 4 rings (SSSR count). The van der Waals surface area contributed by atoms with Crippen LogP contribution in [-0.4, -0.2) is 44.2 Å². The molecule has 2 aliphatic heterocycles. The number of benzene rings is 1. The smallest absolute Gasteiger partial charge is 0.231 e. The highest BCUT2D eigenvalue weighted by Crippen LogP contribution is 2.38. The standard InChI is InChI=1S/C15H16N2O4/c1-2-17-15(19-8-11-7-16-3-4-18-11)12-6-14-13(5-10(1)12)20-9-21-14/h1-2,5-6,11,16H,3-4,7-9H2. The molecule has 110 valence electrons. The van der Waals surface area contributed by atoms with Crippen LogP contribution in [0.3, 0.4) is 0 Å². The van der Waals surface area contributed by atoms with Gasteiger partial charge in [-0.1, -0.05) is 0 Å². The number of fused-ring (bicyclic) bond motifs is 2. The Hall–Kier alpha value is -2.05. The first-order valence-corrected chi connectivity index (χ1v) is 7.03. The van der Waals surface area contributed by atoms with Gasteiger partial charge < -0.3 is 24.3 Å². The maximum absolute atomic E-state index is 5.85. The Kier molecular flexibility index (Phi) is 3.25. The summed E-state index contributed by atoms with van der Waals surface area (Å²) >= 11 is 0. The van der Waals surface area contributed by atoms with Crippen LogP contribution in [0.5, 0.6) is 17.4 Å². The van der Waals surface area contributed by atoms with Crippen LogP contribution in [0.4, 0.5) is 0 Å². The molecule has 2 aliphatic rings. The van der Waals surface area contributed by atoms with E-state index in [1.807, 2.05) is 18.2 Å². The van der Waals surface area contributed by atoms with Crippen molar-refractivity contribution in [2.75, 3.05) is 33.1 Å². The fourth-order valence-corrected chi connectivity index (χ4v) is 2.55. The van der Waals surface area contributed by atoms with Crippen LogP contribution < -0.4 is 19.5 Å². The van der Waals surface area contributed by atoms with Crippen LogP contribution in [-0.2, 0) is 4.74 Å². The van der Waals surface area contributed by atoms with Crippen LogP contribution in [0.25, 0.3) is 10.8 Å². The molecular weight excluding hydrogens is 272 g/mol. The number of nitrogens with one attached hydrogen (secondary N) is 1. The lowest BCUT2D eigenvalue weighted by atomic mass is 10.1. The molecular formula is C15H16N2O4. The molecule has 1 fully saturated rings. The normalized spacial score (nSPS) is 20.7. The Balaban J connectivity index is 1.59. The average molecular weight is 288 g/mol. The number of ether oxygens (including phenoxy) is 4. The number of pyridine rings is 1. The number of aromatic nitrogens is 1. The Morgan fingerprint density at radius 2 is 2.19 bits per heavy atom. The van der Waals surface area contributed by atoms with Crippen LogP contribution in [0.15, 0.2) is 24.4 Å². The highest BCUT2D eigenvalue weighted by Gasteiger charge is 2.18. The molecule has 6 nitrogen and oxygen atoms in total.